The second-order valence-electron chi connectivity index (χ2n) is 6.15. The van der Waals surface area contributed by atoms with Gasteiger partial charge in [-0.05, 0) is 48.9 Å². The number of rotatable bonds is 4. The van der Waals surface area contributed by atoms with E-state index in [1.165, 1.54) is 4.68 Å². The molecule has 3 aromatic carbocycles. The fourth-order valence-electron chi connectivity index (χ4n) is 2.84. The van der Waals surface area contributed by atoms with Gasteiger partial charge in [0.25, 0.3) is 5.56 Å². The van der Waals surface area contributed by atoms with Crippen molar-refractivity contribution in [1.29, 1.82) is 0 Å². The third-order valence-corrected chi connectivity index (χ3v) is 4.21. The molecule has 1 N–H and O–H groups in total. The zero-order valence-electron chi connectivity index (χ0n) is 14.8. The number of hydrogen-bond acceptors (Lipinski definition) is 4. The second-order valence-corrected chi connectivity index (χ2v) is 6.15. The molecule has 0 aliphatic carbocycles. The Hall–Kier alpha value is -3.73. The summed E-state index contributed by atoms with van der Waals surface area (Å²) in [5, 5.41) is 8.23. The lowest BCUT2D eigenvalue weighted by Gasteiger charge is -2.07. The Bertz CT molecular complexity index is 1160. The van der Waals surface area contributed by atoms with Gasteiger partial charge in [0, 0.05) is 11.4 Å². The number of aryl methyl sites for hydroxylation is 1. The summed E-state index contributed by atoms with van der Waals surface area (Å²) in [5.41, 5.74) is 3.43. The van der Waals surface area contributed by atoms with E-state index >= 15 is 0 Å². The second kappa shape index (κ2) is 7.25. The van der Waals surface area contributed by atoms with Gasteiger partial charge in [-0.25, -0.2) is 4.98 Å². The van der Waals surface area contributed by atoms with Crippen LogP contribution < -0.4 is 10.9 Å². The zero-order valence-corrected chi connectivity index (χ0v) is 14.8. The highest BCUT2D eigenvalue weighted by atomic mass is 16.1. The number of hydrogen-bond donors (Lipinski definition) is 1. The standard InChI is InChI=1S/C22H18N4O/c1-16-24-21-10-6-5-9-20(21)22(27)26(16)23-15-17-11-13-19(14-12-17)25-18-7-3-2-4-8-18/h2-15,25H,1H3. The lowest BCUT2D eigenvalue weighted by molar-refractivity contribution is 0.771. The molecule has 0 atom stereocenters. The maximum atomic E-state index is 12.6. The van der Waals surface area contributed by atoms with Crippen molar-refractivity contribution in [2.45, 2.75) is 6.92 Å². The lowest BCUT2D eigenvalue weighted by atomic mass is 10.2. The molecule has 4 rings (SSSR count). The Morgan fingerprint density at radius 1 is 0.889 bits per heavy atom. The van der Waals surface area contributed by atoms with E-state index in [1.54, 1.807) is 19.2 Å². The Morgan fingerprint density at radius 3 is 2.33 bits per heavy atom. The average molecular weight is 354 g/mol. The van der Waals surface area contributed by atoms with Crippen molar-refractivity contribution in [3.8, 4) is 0 Å². The fourth-order valence-corrected chi connectivity index (χ4v) is 2.84. The number of fused-ring (bicyclic) bond motifs is 1. The van der Waals surface area contributed by atoms with Gasteiger partial charge in [-0.3, -0.25) is 4.79 Å². The maximum absolute atomic E-state index is 12.6. The van der Waals surface area contributed by atoms with Crippen LogP contribution in [0.1, 0.15) is 11.4 Å². The molecule has 0 saturated carbocycles. The predicted molar refractivity (Wildman–Crippen MR) is 110 cm³/mol. The van der Waals surface area contributed by atoms with E-state index in [4.69, 9.17) is 0 Å². The molecule has 27 heavy (non-hydrogen) atoms. The number of nitrogens with one attached hydrogen (secondary N) is 1. The van der Waals surface area contributed by atoms with Crippen LogP contribution in [-0.2, 0) is 0 Å². The summed E-state index contributed by atoms with van der Waals surface area (Å²) in [4.78, 5) is 17.1. The number of anilines is 2. The average Bonchev–Trinajstić information content (AvgIpc) is 2.70. The summed E-state index contributed by atoms with van der Waals surface area (Å²) in [6.45, 7) is 1.78. The Kier molecular flexibility index (Phi) is 4.49. The van der Waals surface area contributed by atoms with Gasteiger partial charge in [0.2, 0.25) is 0 Å². The molecule has 5 heteroatoms. The van der Waals surface area contributed by atoms with Crippen molar-refractivity contribution in [2.75, 3.05) is 5.32 Å². The maximum Gasteiger partial charge on any atom is 0.282 e. The molecule has 132 valence electrons. The van der Waals surface area contributed by atoms with Gasteiger partial charge in [0.05, 0.1) is 17.1 Å². The highest BCUT2D eigenvalue weighted by Crippen LogP contribution is 2.16. The van der Waals surface area contributed by atoms with Crippen LogP contribution in [-0.4, -0.2) is 15.9 Å². The molecule has 4 aromatic rings. The molecule has 0 aliphatic rings. The van der Waals surface area contributed by atoms with Crippen LogP contribution in [0.5, 0.6) is 0 Å². The normalized spacial score (nSPS) is 11.1. The molecule has 1 heterocycles. The van der Waals surface area contributed by atoms with E-state index < -0.39 is 0 Å². The van der Waals surface area contributed by atoms with Gasteiger partial charge in [-0.1, -0.05) is 42.5 Å². The number of benzene rings is 3. The molecule has 0 radical (unpaired) electrons. The van der Waals surface area contributed by atoms with Crippen LogP contribution in [0.3, 0.4) is 0 Å². The molecule has 0 bridgehead atoms. The molecule has 0 unspecified atom stereocenters. The fraction of sp³-hybridized carbons (Fsp3) is 0.0455. The molecular formula is C22H18N4O. The minimum Gasteiger partial charge on any atom is -0.356 e. The van der Waals surface area contributed by atoms with E-state index in [9.17, 15) is 4.79 Å². The van der Waals surface area contributed by atoms with Crippen LogP contribution in [0.25, 0.3) is 10.9 Å². The predicted octanol–water partition coefficient (Wildman–Crippen LogP) is 4.33. The van der Waals surface area contributed by atoms with Gasteiger partial charge in [0.15, 0.2) is 0 Å². The first-order valence-electron chi connectivity index (χ1n) is 8.65. The quantitative estimate of drug-likeness (QED) is 0.555. The molecule has 5 nitrogen and oxygen atoms in total. The Labute approximate surface area is 156 Å². The molecule has 0 amide bonds. The number of nitrogens with zero attached hydrogens (tertiary/aromatic N) is 3. The third kappa shape index (κ3) is 3.62. The first kappa shape index (κ1) is 16.7. The third-order valence-electron chi connectivity index (χ3n) is 4.21. The molecule has 0 aliphatic heterocycles. The van der Waals surface area contributed by atoms with E-state index in [1.807, 2.05) is 72.8 Å². The highest BCUT2D eigenvalue weighted by molar-refractivity contribution is 5.81. The summed E-state index contributed by atoms with van der Waals surface area (Å²) in [6.07, 6.45) is 1.66. The topological polar surface area (TPSA) is 59.3 Å². The molecule has 0 fully saturated rings. The van der Waals surface area contributed by atoms with E-state index in [0.717, 1.165) is 16.9 Å². The summed E-state index contributed by atoms with van der Waals surface area (Å²) in [6, 6.07) is 25.1. The Balaban J connectivity index is 1.58. The van der Waals surface area contributed by atoms with E-state index in [0.29, 0.717) is 16.7 Å². The summed E-state index contributed by atoms with van der Waals surface area (Å²) < 4.78 is 1.33. The SMILES string of the molecule is Cc1nc2ccccc2c(=O)n1N=Cc1ccc(Nc2ccccc2)cc1. The number of aromatic nitrogens is 2. The van der Waals surface area contributed by atoms with Gasteiger partial charge in [-0.2, -0.15) is 9.78 Å². The summed E-state index contributed by atoms with van der Waals surface area (Å²) in [7, 11) is 0. The lowest BCUT2D eigenvalue weighted by Crippen LogP contribution is -2.20. The van der Waals surface area contributed by atoms with Crippen molar-refractivity contribution < 1.29 is 0 Å². The minimum absolute atomic E-state index is 0.170. The molecule has 0 spiro atoms. The van der Waals surface area contributed by atoms with Gasteiger partial charge < -0.3 is 5.32 Å². The van der Waals surface area contributed by atoms with Gasteiger partial charge >= 0.3 is 0 Å². The minimum atomic E-state index is -0.170. The van der Waals surface area contributed by atoms with Gasteiger partial charge in [-0.15, -0.1) is 0 Å². The van der Waals surface area contributed by atoms with Crippen LogP contribution in [0, 0.1) is 6.92 Å². The van der Waals surface area contributed by atoms with Crippen molar-refractivity contribution in [2.24, 2.45) is 5.10 Å². The largest absolute Gasteiger partial charge is 0.356 e. The molecular weight excluding hydrogens is 336 g/mol. The van der Waals surface area contributed by atoms with E-state index in [2.05, 4.69) is 15.4 Å². The Morgan fingerprint density at radius 2 is 1.56 bits per heavy atom. The van der Waals surface area contributed by atoms with Crippen molar-refractivity contribution in [3.63, 3.8) is 0 Å². The first-order chi connectivity index (χ1) is 13.2. The number of para-hydroxylation sites is 2. The van der Waals surface area contributed by atoms with E-state index in [-0.39, 0.29) is 5.56 Å². The smallest absolute Gasteiger partial charge is 0.282 e. The highest BCUT2D eigenvalue weighted by Gasteiger charge is 2.06. The van der Waals surface area contributed by atoms with Crippen molar-refractivity contribution in [1.82, 2.24) is 9.66 Å². The van der Waals surface area contributed by atoms with Crippen LogP contribution in [0.2, 0.25) is 0 Å². The van der Waals surface area contributed by atoms with Crippen LogP contribution >= 0.6 is 0 Å². The first-order valence-corrected chi connectivity index (χ1v) is 8.65. The van der Waals surface area contributed by atoms with Crippen LogP contribution in [0.4, 0.5) is 11.4 Å². The van der Waals surface area contributed by atoms with Crippen molar-refractivity contribution >= 4 is 28.5 Å². The van der Waals surface area contributed by atoms with Crippen molar-refractivity contribution in [3.05, 3.63) is 101 Å². The summed E-state index contributed by atoms with van der Waals surface area (Å²) >= 11 is 0. The monoisotopic (exact) mass is 354 g/mol. The van der Waals surface area contributed by atoms with Gasteiger partial charge in [0.1, 0.15) is 5.82 Å². The molecule has 1 aromatic heterocycles. The zero-order chi connectivity index (χ0) is 18.6. The molecule has 0 saturated heterocycles. The van der Waals surface area contributed by atoms with Crippen LogP contribution in [0.15, 0.2) is 88.8 Å². The summed E-state index contributed by atoms with van der Waals surface area (Å²) in [5.74, 6) is 0.553.